The van der Waals surface area contributed by atoms with E-state index in [9.17, 15) is 0 Å². The summed E-state index contributed by atoms with van der Waals surface area (Å²) >= 11 is 0. The molecule has 1 heterocycles. The molecule has 3 N–H and O–H groups in total. The first-order valence-corrected chi connectivity index (χ1v) is 7.83. The topological polar surface area (TPSA) is 74.3 Å². The minimum atomic E-state index is -0.286. The number of ether oxygens (including phenoxy) is 2. The van der Waals surface area contributed by atoms with Gasteiger partial charge in [0.2, 0.25) is 0 Å². The van der Waals surface area contributed by atoms with Crippen LogP contribution in [0, 0.1) is 0 Å². The van der Waals surface area contributed by atoms with E-state index in [-0.39, 0.29) is 11.6 Å². The first-order valence-electron chi connectivity index (χ1n) is 7.83. The van der Waals surface area contributed by atoms with Crippen molar-refractivity contribution in [1.82, 2.24) is 15.2 Å². The van der Waals surface area contributed by atoms with Crippen LogP contribution in [0.4, 0.5) is 0 Å². The van der Waals surface area contributed by atoms with Crippen LogP contribution in [0.1, 0.15) is 57.2 Å². The summed E-state index contributed by atoms with van der Waals surface area (Å²) < 4.78 is 13.4. The number of hydrazine groups is 1. The standard InChI is InChI=1S/C15H28N4O2/c1-4-10-19-13(12(20-2)11-17-19)14(18-16)15(21-3)8-6-5-7-9-15/h11,14,18H,4-10,16H2,1-3H3. The van der Waals surface area contributed by atoms with Crippen LogP contribution in [0.25, 0.3) is 0 Å². The van der Waals surface area contributed by atoms with Crippen LogP contribution in [0.15, 0.2) is 6.20 Å². The van der Waals surface area contributed by atoms with Crippen molar-refractivity contribution in [2.45, 2.75) is 63.6 Å². The number of nitrogens with one attached hydrogen (secondary N) is 1. The average molecular weight is 296 g/mol. The van der Waals surface area contributed by atoms with Gasteiger partial charge in [0.25, 0.3) is 0 Å². The van der Waals surface area contributed by atoms with Crippen molar-refractivity contribution in [2.75, 3.05) is 14.2 Å². The maximum atomic E-state index is 5.95. The van der Waals surface area contributed by atoms with E-state index in [2.05, 4.69) is 17.4 Å². The quantitative estimate of drug-likeness (QED) is 0.596. The smallest absolute Gasteiger partial charge is 0.161 e. The Labute approximate surface area is 126 Å². The van der Waals surface area contributed by atoms with E-state index in [0.29, 0.717) is 0 Å². The highest BCUT2D eigenvalue weighted by molar-refractivity contribution is 5.31. The highest BCUT2D eigenvalue weighted by Gasteiger charge is 2.43. The largest absolute Gasteiger partial charge is 0.493 e. The van der Waals surface area contributed by atoms with Gasteiger partial charge in [-0.1, -0.05) is 26.2 Å². The molecule has 1 aromatic heterocycles. The molecule has 1 aliphatic rings. The van der Waals surface area contributed by atoms with Gasteiger partial charge in [0.1, 0.15) is 5.69 Å². The number of nitrogens with zero attached hydrogens (tertiary/aromatic N) is 2. The van der Waals surface area contributed by atoms with Gasteiger partial charge in [0.05, 0.1) is 24.9 Å². The maximum absolute atomic E-state index is 5.95. The van der Waals surface area contributed by atoms with Crippen LogP contribution in [-0.2, 0) is 11.3 Å². The molecule has 1 fully saturated rings. The zero-order valence-electron chi connectivity index (χ0n) is 13.4. The first-order chi connectivity index (χ1) is 10.2. The fourth-order valence-corrected chi connectivity index (χ4v) is 3.46. The third-order valence-electron chi connectivity index (χ3n) is 4.57. The van der Waals surface area contributed by atoms with Crippen LogP contribution < -0.4 is 16.0 Å². The Balaban J connectivity index is 2.41. The van der Waals surface area contributed by atoms with E-state index in [0.717, 1.165) is 50.1 Å². The van der Waals surface area contributed by atoms with E-state index in [1.165, 1.54) is 6.42 Å². The van der Waals surface area contributed by atoms with Gasteiger partial charge >= 0.3 is 0 Å². The van der Waals surface area contributed by atoms with Gasteiger partial charge in [0.15, 0.2) is 5.75 Å². The molecule has 0 spiro atoms. The van der Waals surface area contributed by atoms with Crippen molar-refractivity contribution >= 4 is 0 Å². The van der Waals surface area contributed by atoms with E-state index < -0.39 is 0 Å². The van der Waals surface area contributed by atoms with Crippen molar-refractivity contribution in [2.24, 2.45) is 5.84 Å². The number of rotatable bonds is 7. The van der Waals surface area contributed by atoms with Gasteiger partial charge in [0, 0.05) is 13.7 Å². The lowest BCUT2D eigenvalue weighted by atomic mass is 9.78. The molecule has 1 atom stereocenters. The van der Waals surface area contributed by atoms with Crippen molar-refractivity contribution in [1.29, 1.82) is 0 Å². The normalized spacial score (nSPS) is 19.4. The average Bonchev–Trinajstić information content (AvgIpc) is 2.92. The Bertz CT molecular complexity index is 441. The summed E-state index contributed by atoms with van der Waals surface area (Å²) in [6, 6.07) is -0.119. The molecule has 0 aliphatic heterocycles. The minimum Gasteiger partial charge on any atom is -0.493 e. The van der Waals surface area contributed by atoms with E-state index >= 15 is 0 Å². The molecule has 0 radical (unpaired) electrons. The van der Waals surface area contributed by atoms with Crippen molar-refractivity contribution < 1.29 is 9.47 Å². The van der Waals surface area contributed by atoms with Crippen molar-refractivity contribution in [3.8, 4) is 5.75 Å². The molecule has 0 bridgehead atoms. The molecule has 6 nitrogen and oxygen atoms in total. The predicted molar refractivity (Wildman–Crippen MR) is 82.0 cm³/mol. The zero-order chi connectivity index (χ0) is 15.3. The first kappa shape index (κ1) is 16.3. The van der Waals surface area contributed by atoms with Crippen LogP contribution in [0.2, 0.25) is 0 Å². The molecule has 1 unspecified atom stereocenters. The van der Waals surface area contributed by atoms with Crippen LogP contribution in [-0.4, -0.2) is 29.6 Å². The van der Waals surface area contributed by atoms with Gasteiger partial charge in [-0.2, -0.15) is 5.10 Å². The van der Waals surface area contributed by atoms with Gasteiger partial charge < -0.3 is 9.47 Å². The molecule has 21 heavy (non-hydrogen) atoms. The Kier molecular flexibility index (Phi) is 5.61. The van der Waals surface area contributed by atoms with Gasteiger partial charge in [-0.25, -0.2) is 5.43 Å². The maximum Gasteiger partial charge on any atom is 0.161 e. The second kappa shape index (κ2) is 7.24. The van der Waals surface area contributed by atoms with Crippen molar-refractivity contribution in [3.63, 3.8) is 0 Å². The monoisotopic (exact) mass is 296 g/mol. The second-order valence-corrected chi connectivity index (χ2v) is 5.75. The van der Waals surface area contributed by atoms with Crippen LogP contribution >= 0.6 is 0 Å². The molecule has 2 rings (SSSR count). The van der Waals surface area contributed by atoms with Gasteiger partial charge in [-0.3, -0.25) is 10.5 Å². The summed E-state index contributed by atoms with van der Waals surface area (Å²) in [6.45, 7) is 2.98. The summed E-state index contributed by atoms with van der Waals surface area (Å²) in [5.41, 5.74) is 3.68. The molecule has 0 aromatic carbocycles. The Morgan fingerprint density at radius 3 is 2.62 bits per heavy atom. The van der Waals surface area contributed by atoms with Gasteiger partial charge in [-0.05, 0) is 19.3 Å². The summed E-state index contributed by atoms with van der Waals surface area (Å²) in [5.74, 6) is 6.69. The SMILES string of the molecule is CCCn1ncc(OC)c1C(NN)C1(OC)CCCCC1. The molecule has 0 amide bonds. The molecule has 120 valence electrons. The fraction of sp³-hybridized carbons (Fsp3) is 0.800. The van der Waals surface area contributed by atoms with Crippen LogP contribution in [0.3, 0.4) is 0 Å². The third-order valence-corrected chi connectivity index (χ3v) is 4.57. The molecular formula is C15H28N4O2. The molecule has 6 heteroatoms. The summed E-state index contributed by atoms with van der Waals surface area (Å²) in [6.07, 6.45) is 8.36. The minimum absolute atomic E-state index is 0.119. The van der Waals surface area contributed by atoms with Crippen LogP contribution in [0.5, 0.6) is 5.75 Å². The fourth-order valence-electron chi connectivity index (χ4n) is 3.46. The highest BCUT2D eigenvalue weighted by Crippen LogP contribution is 2.43. The molecule has 1 aliphatic carbocycles. The number of hydrogen-bond acceptors (Lipinski definition) is 5. The lowest BCUT2D eigenvalue weighted by Gasteiger charge is -2.42. The summed E-state index contributed by atoms with van der Waals surface area (Å²) in [7, 11) is 3.45. The lowest BCUT2D eigenvalue weighted by molar-refractivity contribution is -0.0712. The zero-order valence-corrected chi connectivity index (χ0v) is 13.4. The van der Waals surface area contributed by atoms with E-state index in [4.69, 9.17) is 15.3 Å². The summed E-state index contributed by atoms with van der Waals surface area (Å²) in [4.78, 5) is 0. The number of aryl methyl sites for hydroxylation is 1. The Hall–Kier alpha value is -1.11. The summed E-state index contributed by atoms with van der Waals surface area (Å²) in [5, 5.41) is 4.45. The Morgan fingerprint density at radius 1 is 1.38 bits per heavy atom. The number of hydrogen-bond donors (Lipinski definition) is 2. The van der Waals surface area contributed by atoms with E-state index in [1.54, 1.807) is 20.4 Å². The van der Waals surface area contributed by atoms with E-state index in [1.807, 2.05) is 4.68 Å². The molecule has 1 aromatic rings. The van der Waals surface area contributed by atoms with Gasteiger partial charge in [-0.15, -0.1) is 0 Å². The molecule has 1 saturated carbocycles. The molecule has 0 saturated heterocycles. The second-order valence-electron chi connectivity index (χ2n) is 5.75. The Morgan fingerprint density at radius 2 is 2.10 bits per heavy atom. The number of aromatic nitrogens is 2. The number of nitrogens with two attached hydrogens (primary N) is 1. The number of methoxy groups -OCH3 is 2. The highest BCUT2D eigenvalue weighted by atomic mass is 16.5. The lowest BCUT2D eigenvalue weighted by Crippen LogP contribution is -2.50. The predicted octanol–water partition coefficient (Wildman–Crippen LogP) is 2.16. The van der Waals surface area contributed by atoms with Crippen molar-refractivity contribution in [3.05, 3.63) is 11.9 Å². The third kappa shape index (κ3) is 3.07. The molecular weight excluding hydrogens is 268 g/mol.